The molecule has 2 rings (SSSR count). The van der Waals surface area contributed by atoms with Crippen LogP contribution < -0.4 is 10.6 Å². The van der Waals surface area contributed by atoms with Crippen molar-refractivity contribution in [2.75, 3.05) is 60.5 Å². The van der Waals surface area contributed by atoms with Crippen LogP contribution in [-0.4, -0.2) is 82.3 Å². The fourth-order valence-corrected chi connectivity index (χ4v) is 3.26. The normalized spacial score (nSPS) is 18.4. The number of rotatable bonds is 9. The molecule has 1 heterocycles. The molecule has 1 aromatic carbocycles. The second-order valence-corrected chi connectivity index (χ2v) is 7.35. The minimum atomic E-state index is -4.29. The lowest BCUT2D eigenvalue weighted by molar-refractivity contribution is -0.137. The van der Waals surface area contributed by atoms with E-state index in [2.05, 4.69) is 25.4 Å². The molecule has 1 unspecified atom stereocenters. The van der Waals surface area contributed by atoms with Crippen LogP contribution >= 0.6 is 0 Å². The molecule has 0 spiro atoms. The second-order valence-electron chi connectivity index (χ2n) is 7.35. The van der Waals surface area contributed by atoms with E-state index in [1.165, 1.54) is 0 Å². The molecule has 1 saturated heterocycles. The van der Waals surface area contributed by atoms with Gasteiger partial charge in [0.15, 0.2) is 5.96 Å². The summed E-state index contributed by atoms with van der Waals surface area (Å²) in [6.45, 7) is 5.63. The summed E-state index contributed by atoms with van der Waals surface area (Å²) in [7, 11) is 5.49. The molecule has 6 nitrogen and oxygen atoms in total. The van der Waals surface area contributed by atoms with Crippen molar-refractivity contribution in [3.8, 4) is 0 Å². The van der Waals surface area contributed by atoms with E-state index in [0.717, 1.165) is 62.8 Å². The molecule has 0 amide bonds. The number of aliphatic imine (C=N–C) groups is 1. The van der Waals surface area contributed by atoms with Crippen LogP contribution in [0, 0.1) is 0 Å². The van der Waals surface area contributed by atoms with Crippen LogP contribution in [0.2, 0.25) is 0 Å². The fourth-order valence-electron chi connectivity index (χ4n) is 3.26. The van der Waals surface area contributed by atoms with Gasteiger partial charge in [0.2, 0.25) is 0 Å². The van der Waals surface area contributed by atoms with Crippen LogP contribution in [0.3, 0.4) is 0 Å². The number of alkyl halides is 3. The zero-order chi connectivity index (χ0) is 21.3. The number of likely N-dealkylation sites (tertiary alicyclic amines) is 1. The average Bonchev–Trinajstić information content (AvgIpc) is 3.12. The predicted octanol–water partition coefficient (Wildman–Crippen LogP) is 2.02. The first kappa shape index (κ1) is 23.4. The van der Waals surface area contributed by atoms with Gasteiger partial charge in [-0.1, -0.05) is 12.1 Å². The van der Waals surface area contributed by atoms with E-state index < -0.39 is 11.7 Å². The van der Waals surface area contributed by atoms with E-state index in [1.807, 2.05) is 7.05 Å². The molecule has 0 saturated carbocycles. The van der Waals surface area contributed by atoms with E-state index in [-0.39, 0.29) is 6.04 Å². The minimum Gasteiger partial charge on any atom is -0.383 e. The number of nitrogens with one attached hydrogen (secondary N) is 2. The van der Waals surface area contributed by atoms with Gasteiger partial charge in [-0.2, -0.15) is 13.2 Å². The summed E-state index contributed by atoms with van der Waals surface area (Å²) in [5.74, 6) is 0.770. The van der Waals surface area contributed by atoms with E-state index in [0.29, 0.717) is 13.2 Å². The standard InChI is InChI=1S/C20H32F3N5O/c1-24-19(25-9-11-27(2)12-13-29-3)26-18-8-10-28(15-18)14-16-4-6-17(7-5-16)20(21,22)23/h4-7,18H,8-15H2,1-3H3,(H2,24,25,26). The smallest absolute Gasteiger partial charge is 0.383 e. The molecule has 1 aliphatic heterocycles. The largest absolute Gasteiger partial charge is 0.416 e. The van der Waals surface area contributed by atoms with Gasteiger partial charge in [0.25, 0.3) is 0 Å². The maximum Gasteiger partial charge on any atom is 0.416 e. The van der Waals surface area contributed by atoms with Gasteiger partial charge in [-0.05, 0) is 31.2 Å². The van der Waals surface area contributed by atoms with Crippen LogP contribution in [0.5, 0.6) is 0 Å². The Labute approximate surface area is 171 Å². The monoisotopic (exact) mass is 415 g/mol. The van der Waals surface area contributed by atoms with Gasteiger partial charge < -0.3 is 20.3 Å². The number of guanidine groups is 1. The molecule has 29 heavy (non-hydrogen) atoms. The minimum absolute atomic E-state index is 0.266. The Balaban J connectivity index is 1.72. The van der Waals surface area contributed by atoms with Gasteiger partial charge in [-0.15, -0.1) is 0 Å². The number of ether oxygens (including phenoxy) is 1. The van der Waals surface area contributed by atoms with E-state index in [1.54, 1.807) is 26.3 Å². The molecule has 164 valence electrons. The van der Waals surface area contributed by atoms with Crippen LogP contribution in [0.15, 0.2) is 29.3 Å². The Morgan fingerprint density at radius 1 is 1.28 bits per heavy atom. The zero-order valence-electron chi connectivity index (χ0n) is 17.4. The molecular formula is C20H32F3N5O. The van der Waals surface area contributed by atoms with Gasteiger partial charge >= 0.3 is 6.18 Å². The first-order chi connectivity index (χ1) is 13.8. The lowest BCUT2D eigenvalue weighted by atomic mass is 10.1. The summed E-state index contributed by atoms with van der Waals surface area (Å²) >= 11 is 0. The lowest BCUT2D eigenvalue weighted by Gasteiger charge is -2.21. The molecule has 0 bridgehead atoms. The Kier molecular flexibility index (Phi) is 9.19. The third-order valence-corrected chi connectivity index (χ3v) is 4.99. The SMILES string of the molecule is CN=C(NCCN(C)CCOC)NC1CCN(Cc2ccc(C(F)(F)F)cc2)C1. The van der Waals surface area contributed by atoms with Crippen molar-refractivity contribution >= 4 is 5.96 Å². The van der Waals surface area contributed by atoms with Crippen LogP contribution in [-0.2, 0) is 17.5 Å². The first-order valence-corrected chi connectivity index (χ1v) is 9.85. The van der Waals surface area contributed by atoms with Crippen molar-refractivity contribution in [1.29, 1.82) is 0 Å². The molecule has 1 atom stereocenters. The van der Waals surface area contributed by atoms with Crippen molar-refractivity contribution in [3.63, 3.8) is 0 Å². The third-order valence-electron chi connectivity index (χ3n) is 4.99. The number of benzene rings is 1. The number of nitrogens with zero attached hydrogens (tertiary/aromatic N) is 3. The topological polar surface area (TPSA) is 52.1 Å². The molecule has 1 aliphatic rings. The molecule has 0 radical (unpaired) electrons. The Morgan fingerprint density at radius 3 is 2.62 bits per heavy atom. The molecule has 9 heteroatoms. The summed E-state index contributed by atoms with van der Waals surface area (Å²) in [4.78, 5) is 8.71. The maximum atomic E-state index is 12.7. The summed E-state index contributed by atoms with van der Waals surface area (Å²) in [6, 6.07) is 5.68. The highest BCUT2D eigenvalue weighted by Crippen LogP contribution is 2.29. The van der Waals surface area contributed by atoms with Crippen LogP contribution in [0.1, 0.15) is 17.5 Å². The predicted molar refractivity (Wildman–Crippen MR) is 109 cm³/mol. The van der Waals surface area contributed by atoms with Crippen molar-refractivity contribution < 1.29 is 17.9 Å². The summed E-state index contributed by atoms with van der Waals surface area (Å²) < 4.78 is 43.1. The molecule has 1 fully saturated rings. The molecule has 2 N–H and O–H groups in total. The van der Waals surface area contributed by atoms with Crippen LogP contribution in [0.25, 0.3) is 0 Å². The highest BCUT2D eigenvalue weighted by atomic mass is 19.4. The van der Waals surface area contributed by atoms with E-state index >= 15 is 0 Å². The Hall–Kier alpha value is -1.84. The fraction of sp³-hybridized carbons (Fsp3) is 0.650. The van der Waals surface area contributed by atoms with Crippen molar-refractivity contribution in [2.45, 2.75) is 25.2 Å². The molecule has 0 aliphatic carbocycles. The van der Waals surface area contributed by atoms with Crippen LogP contribution in [0.4, 0.5) is 13.2 Å². The zero-order valence-corrected chi connectivity index (χ0v) is 17.4. The number of likely N-dealkylation sites (N-methyl/N-ethyl adjacent to an activating group) is 1. The van der Waals surface area contributed by atoms with E-state index in [9.17, 15) is 13.2 Å². The van der Waals surface area contributed by atoms with Gasteiger partial charge in [-0.3, -0.25) is 9.89 Å². The summed E-state index contributed by atoms with van der Waals surface area (Å²) in [5.41, 5.74) is 0.283. The van der Waals surface area contributed by atoms with Crippen molar-refractivity contribution in [1.82, 2.24) is 20.4 Å². The van der Waals surface area contributed by atoms with Gasteiger partial charge in [-0.25, -0.2) is 0 Å². The van der Waals surface area contributed by atoms with E-state index in [4.69, 9.17) is 4.74 Å². The van der Waals surface area contributed by atoms with Crippen molar-refractivity contribution in [3.05, 3.63) is 35.4 Å². The molecule has 1 aromatic rings. The second kappa shape index (κ2) is 11.4. The first-order valence-electron chi connectivity index (χ1n) is 9.85. The Morgan fingerprint density at radius 2 is 2.00 bits per heavy atom. The number of halogens is 3. The number of methoxy groups -OCH3 is 1. The highest BCUT2D eigenvalue weighted by Gasteiger charge is 2.30. The lowest BCUT2D eigenvalue weighted by Crippen LogP contribution is -2.46. The maximum absolute atomic E-state index is 12.7. The Bertz CT molecular complexity index is 636. The average molecular weight is 416 g/mol. The quantitative estimate of drug-likeness (QED) is 0.478. The van der Waals surface area contributed by atoms with Gasteiger partial charge in [0, 0.05) is 59.5 Å². The number of hydrogen-bond acceptors (Lipinski definition) is 4. The molecular weight excluding hydrogens is 383 g/mol. The molecule has 0 aromatic heterocycles. The summed E-state index contributed by atoms with van der Waals surface area (Å²) in [6.07, 6.45) is -3.32. The number of hydrogen-bond donors (Lipinski definition) is 2. The van der Waals surface area contributed by atoms with Gasteiger partial charge in [0.1, 0.15) is 0 Å². The third kappa shape index (κ3) is 8.20. The summed E-state index contributed by atoms with van der Waals surface area (Å²) in [5, 5.41) is 6.75. The highest BCUT2D eigenvalue weighted by molar-refractivity contribution is 5.80. The van der Waals surface area contributed by atoms with Crippen molar-refractivity contribution in [2.24, 2.45) is 4.99 Å². The van der Waals surface area contributed by atoms with Gasteiger partial charge in [0.05, 0.1) is 12.2 Å².